The van der Waals surface area contributed by atoms with Crippen LogP contribution in [0.2, 0.25) is 0 Å². The van der Waals surface area contributed by atoms with E-state index in [0.29, 0.717) is 11.3 Å². The number of hydrogen-bond acceptors (Lipinski definition) is 3. The molecule has 1 fully saturated rings. The fraction of sp³-hybridized carbons (Fsp3) is 0.333. The Bertz CT molecular complexity index is 715. The van der Waals surface area contributed by atoms with Gasteiger partial charge in [-0.05, 0) is 24.6 Å². The van der Waals surface area contributed by atoms with Crippen LogP contribution in [0.15, 0.2) is 33.5 Å². The monoisotopic (exact) mass is 273 g/mol. The van der Waals surface area contributed by atoms with Crippen molar-refractivity contribution in [3.05, 3.63) is 40.2 Å². The number of carbonyl (C=O) groups excluding carboxylic acids is 1. The number of benzene rings is 1. The molecule has 0 spiro atoms. The van der Waals surface area contributed by atoms with E-state index in [4.69, 9.17) is 4.42 Å². The van der Waals surface area contributed by atoms with Gasteiger partial charge in [-0.15, -0.1) is 0 Å². The summed E-state index contributed by atoms with van der Waals surface area (Å²) in [6.07, 6.45) is 1.98. The molecule has 1 aliphatic heterocycles. The molecule has 1 aliphatic rings. The first-order valence-corrected chi connectivity index (χ1v) is 6.82. The average molecular weight is 273 g/mol. The van der Waals surface area contributed by atoms with Gasteiger partial charge in [-0.25, -0.2) is 4.79 Å². The van der Waals surface area contributed by atoms with E-state index in [1.165, 1.54) is 6.07 Å². The maximum Gasteiger partial charge on any atom is 0.336 e. The van der Waals surface area contributed by atoms with Crippen LogP contribution in [0.3, 0.4) is 0 Å². The second kappa shape index (κ2) is 5.09. The molecule has 1 amide bonds. The summed E-state index contributed by atoms with van der Waals surface area (Å²) in [5.74, 6) is 0.0110. The van der Waals surface area contributed by atoms with E-state index < -0.39 is 0 Å². The van der Waals surface area contributed by atoms with Gasteiger partial charge in [-0.1, -0.05) is 0 Å². The SMILES string of the molecule is Cc1cc(=O)oc2cc(NC(=O)[C@@H]3CCC[NH2+]3)ccc12. The highest BCUT2D eigenvalue weighted by Crippen LogP contribution is 2.20. The molecule has 2 heterocycles. The topological polar surface area (TPSA) is 75.9 Å². The van der Waals surface area contributed by atoms with Gasteiger partial charge in [-0.3, -0.25) is 4.79 Å². The predicted octanol–water partition coefficient (Wildman–Crippen LogP) is 0.766. The second-order valence-electron chi connectivity index (χ2n) is 5.22. The Morgan fingerprint density at radius 3 is 3.00 bits per heavy atom. The predicted molar refractivity (Wildman–Crippen MR) is 75.7 cm³/mol. The van der Waals surface area contributed by atoms with Crippen molar-refractivity contribution < 1.29 is 14.5 Å². The highest BCUT2D eigenvalue weighted by molar-refractivity contribution is 5.96. The number of amides is 1. The largest absolute Gasteiger partial charge is 0.423 e. The Labute approximate surface area is 116 Å². The van der Waals surface area contributed by atoms with Gasteiger partial charge in [0.05, 0.1) is 6.54 Å². The molecular formula is C15H17N2O3+. The molecule has 5 nitrogen and oxygen atoms in total. The third-order valence-electron chi connectivity index (χ3n) is 3.73. The van der Waals surface area contributed by atoms with Crippen LogP contribution >= 0.6 is 0 Å². The summed E-state index contributed by atoms with van der Waals surface area (Å²) >= 11 is 0. The molecule has 5 heteroatoms. The Hall–Kier alpha value is -2.14. The molecule has 0 unspecified atom stereocenters. The molecule has 0 aliphatic carbocycles. The zero-order chi connectivity index (χ0) is 14.1. The first kappa shape index (κ1) is 12.9. The summed E-state index contributed by atoms with van der Waals surface area (Å²) in [6.45, 7) is 2.87. The number of anilines is 1. The van der Waals surface area contributed by atoms with E-state index in [1.54, 1.807) is 6.07 Å². The minimum Gasteiger partial charge on any atom is -0.423 e. The zero-order valence-electron chi connectivity index (χ0n) is 11.3. The van der Waals surface area contributed by atoms with Crippen LogP contribution in [0.1, 0.15) is 18.4 Å². The Morgan fingerprint density at radius 1 is 1.40 bits per heavy atom. The molecule has 0 saturated carbocycles. The lowest BCUT2D eigenvalue weighted by Crippen LogP contribution is -2.88. The summed E-state index contributed by atoms with van der Waals surface area (Å²) in [5, 5.41) is 5.82. The van der Waals surface area contributed by atoms with Crippen molar-refractivity contribution in [2.45, 2.75) is 25.8 Å². The number of carbonyl (C=O) groups is 1. The van der Waals surface area contributed by atoms with E-state index >= 15 is 0 Å². The lowest BCUT2D eigenvalue weighted by molar-refractivity contribution is -0.656. The number of hydrogen-bond donors (Lipinski definition) is 2. The summed E-state index contributed by atoms with van der Waals surface area (Å²) in [7, 11) is 0. The smallest absolute Gasteiger partial charge is 0.336 e. The fourth-order valence-corrected chi connectivity index (χ4v) is 2.65. The van der Waals surface area contributed by atoms with Gasteiger partial charge in [0.15, 0.2) is 6.04 Å². The van der Waals surface area contributed by atoms with Crippen LogP contribution in [0.5, 0.6) is 0 Å². The zero-order valence-corrected chi connectivity index (χ0v) is 11.3. The minimum absolute atomic E-state index is 0.00443. The third-order valence-corrected chi connectivity index (χ3v) is 3.73. The van der Waals surface area contributed by atoms with Gasteiger partial charge in [0.2, 0.25) is 0 Å². The van der Waals surface area contributed by atoms with Gasteiger partial charge < -0.3 is 15.1 Å². The van der Waals surface area contributed by atoms with Crippen LogP contribution in [-0.4, -0.2) is 18.5 Å². The molecule has 1 aromatic carbocycles. The molecule has 3 rings (SSSR count). The first-order chi connectivity index (χ1) is 9.63. The lowest BCUT2D eigenvalue weighted by atomic mass is 10.1. The van der Waals surface area contributed by atoms with E-state index in [1.807, 2.05) is 19.1 Å². The number of aryl methyl sites for hydroxylation is 1. The molecule has 1 aromatic heterocycles. The van der Waals surface area contributed by atoms with Crippen LogP contribution in [0.25, 0.3) is 11.0 Å². The minimum atomic E-state index is -0.373. The Morgan fingerprint density at radius 2 is 2.25 bits per heavy atom. The van der Waals surface area contributed by atoms with Crippen LogP contribution in [0, 0.1) is 6.92 Å². The van der Waals surface area contributed by atoms with Crippen molar-refractivity contribution in [1.82, 2.24) is 0 Å². The molecule has 1 saturated heterocycles. The summed E-state index contributed by atoms with van der Waals surface area (Å²) < 4.78 is 5.18. The van der Waals surface area contributed by atoms with Crippen molar-refractivity contribution in [3.63, 3.8) is 0 Å². The third kappa shape index (κ3) is 2.44. The summed E-state index contributed by atoms with van der Waals surface area (Å²) in [4.78, 5) is 23.4. The average Bonchev–Trinajstić information content (AvgIpc) is 2.91. The van der Waals surface area contributed by atoms with Crippen molar-refractivity contribution in [2.24, 2.45) is 0 Å². The Balaban J connectivity index is 1.89. The second-order valence-corrected chi connectivity index (χ2v) is 5.22. The van der Waals surface area contributed by atoms with Gasteiger partial charge in [-0.2, -0.15) is 0 Å². The molecule has 0 bridgehead atoms. The van der Waals surface area contributed by atoms with Gasteiger partial charge in [0.1, 0.15) is 5.58 Å². The first-order valence-electron chi connectivity index (χ1n) is 6.82. The highest BCUT2D eigenvalue weighted by atomic mass is 16.4. The highest BCUT2D eigenvalue weighted by Gasteiger charge is 2.26. The van der Waals surface area contributed by atoms with Gasteiger partial charge in [0, 0.05) is 36.0 Å². The quantitative estimate of drug-likeness (QED) is 0.793. The molecular weight excluding hydrogens is 256 g/mol. The van der Waals surface area contributed by atoms with Gasteiger partial charge >= 0.3 is 5.63 Å². The van der Waals surface area contributed by atoms with Crippen molar-refractivity contribution in [2.75, 3.05) is 11.9 Å². The van der Waals surface area contributed by atoms with E-state index in [-0.39, 0.29) is 17.6 Å². The molecule has 2 aromatic rings. The lowest BCUT2D eigenvalue weighted by Gasteiger charge is -2.09. The maximum absolute atomic E-state index is 12.0. The Kier molecular flexibility index (Phi) is 3.28. The number of nitrogens with two attached hydrogens (primary N) is 1. The van der Waals surface area contributed by atoms with E-state index in [0.717, 1.165) is 30.3 Å². The molecule has 3 N–H and O–H groups in total. The van der Waals surface area contributed by atoms with Gasteiger partial charge in [0.25, 0.3) is 5.91 Å². The van der Waals surface area contributed by atoms with Crippen LogP contribution < -0.4 is 16.3 Å². The molecule has 104 valence electrons. The van der Waals surface area contributed by atoms with Crippen molar-refractivity contribution >= 4 is 22.6 Å². The fourth-order valence-electron chi connectivity index (χ4n) is 2.65. The van der Waals surface area contributed by atoms with E-state index in [9.17, 15) is 9.59 Å². The van der Waals surface area contributed by atoms with E-state index in [2.05, 4.69) is 10.6 Å². The van der Waals surface area contributed by atoms with Crippen LogP contribution in [0.4, 0.5) is 5.69 Å². The number of nitrogens with one attached hydrogen (secondary N) is 1. The normalized spacial score (nSPS) is 18.4. The van der Waals surface area contributed by atoms with Crippen molar-refractivity contribution in [1.29, 1.82) is 0 Å². The molecule has 1 atom stereocenters. The molecule has 0 radical (unpaired) electrons. The number of fused-ring (bicyclic) bond motifs is 1. The number of quaternary nitrogens is 1. The standard InChI is InChI=1S/C15H16N2O3/c1-9-7-14(18)20-13-8-10(4-5-11(9)13)17-15(19)12-3-2-6-16-12/h4-5,7-8,12,16H,2-3,6H2,1H3,(H,17,19)/p+1/t12-/m0/s1. The van der Waals surface area contributed by atoms with Crippen LogP contribution in [-0.2, 0) is 4.79 Å². The summed E-state index contributed by atoms with van der Waals surface area (Å²) in [6, 6.07) is 6.87. The van der Waals surface area contributed by atoms with Crippen molar-refractivity contribution in [3.8, 4) is 0 Å². The summed E-state index contributed by atoms with van der Waals surface area (Å²) in [5.41, 5.74) is 1.67. The maximum atomic E-state index is 12.0. The molecule has 20 heavy (non-hydrogen) atoms. The number of rotatable bonds is 2.